The number of rotatable bonds is 2. The number of likely N-dealkylation sites (N-methyl/N-ethyl adjacent to an activating group) is 1. The third-order valence-corrected chi connectivity index (χ3v) is 4.97. The lowest BCUT2D eigenvalue weighted by atomic mass is 9.77. The number of carbonyl (C=O) groups excluding carboxylic acids is 1. The van der Waals surface area contributed by atoms with Gasteiger partial charge in [-0.1, -0.05) is 18.9 Å². The van der Waals surface area contributed by atoms with E-state index in [1.165, 1.54) is 37.8 Å². The van der Waals surface area contributed by atoms with Crippen molar-refractivity contribution in [3.8, 4) is 0 Å². The number of hydrogen-bond acceptors (Lipinski definition) is 2. The number of nitrogens with one attached hydrogen (secondary N) is 1. The van der Waals surface area contributed by atoms with Gasteiger partial charge in [0.05, 0.1) is 6.04 Å². The number of anilines is 1. The van der Waals surface area contributed by atoms with Crippen LogP contribution < -0.4 is 10.2 Å². The Labute approximate surface area is 125 Å². The van der Waals surface area contributed by atoms with Crippen LogP contribution in [0, 0.1) is 11.7 Å². The molecule has 2 aliphatic rings. The lowest BCUT2D eigenvalue weighted by Gasteiger charge is -2.40. The summed E-state index contributed by atoms with van der Waals surface area (Å²) >= 11 is 0. The summed E-state index contributed by atoms with van der Waals surface area (Å²) in [5.41, 5.74) is 0.618. The van der Waals surface area contributed by atoms with Crippen molar-refractivity contribution in [3.05, 3.63) is 30.1 Å². The molecule has 0 spiro atoms. The number of hydrogen-bond donors (Lipinski definition) is 1. The number of carbonyl (C=O) groups is 1. The SMILES string of the molecule is CN(C(=O)C1CCC2CCCCC2N1)c1cccc(F)c1. The Hall–Kier alpha value is -1.42. The number of amides is 1. The standard InChI is InChI=1S/C17H23FN2O/c1-20(14-7-4-6-13(18)11-14)17(21)16-10-9-12-5-2-3-8-15(12)19-16/h4,6-7,11-12,15-16,19H,2-3,5,8-10H2,1H3. The Kier molecular flexibility index (Phi) is 4.24. The monoisotopic (exact) mass is 290 g/mol. The van der Waals surface area contributed by atoms with Crippen LogP contribution in [0.4, 0.5) is 10.1 Å². The smallest absolute Gasteiger partial charge is 0.243 e. The second-order valence-corrected chi connectivity index (χ2v) is 6.32. The van der Waals surface area contributed by atoms with Crippen molar-refractivity contribution >= 4 is 11.6 Å². The zero-order valence-corrected chi connectivity index (χ0v) is 12.5. The molecular weight excluding hydrogens is 267 g/mol. The molecular formula is C17H23FN2O. The molecule has 114 valence electrons. The van der Waals surface area contributed by atoms with Crippen molar-refractivity contribution in [2.45, 2.75) is 50.6 Å². The van der Waals surface area contributed by atoms with Crippen molar-refractivity contribution in [1.29, 1.82) is 0 Å². The van der Waals surface area contributed by atoms with Gasteiger partial charge in [0.2, 0.25) is 5.91 Å². The lowest BCUT2D eigenvalue weighted by molar-refractivity contribution is -0.121. The van der Waals surface area contributed by atoms with Crippen LogP contribution in [-0.4, -0.2) is 25.0 Å². The van der Waals surface area contributed by atoms with Crippen molar-refractivity contribution in [2.24, 2.45) is 5.92 Å². The molecule has 0 radical (unpaired) electrons. The van der Waals surface area contributed by atoms with E-state index >= 15 is 0 Å². The summed E-state index contributed by atoms with van der Waals surface area (Å²) < 4.78 is 13.3. The maximum atomic E-state index is 13.3. The van der Waals surface area contributed by atoms with E-state index in [9.17, 15) is 9.18 Å². The molecule has 1 aromatic rings. The molecule has 1 aliphatic heterocycles. The zero-order valence-electron chi connectivity index (χ0n) is 12.5. The van der Waals surface area contributed by atoms with E-state index in [0.717, 1.165) is 18.8 Å². The van der Waals surface area contributed by atoms with Crippen LogP contribution >= 0.6 is 0 Å². The Morgan fingerprint density at radius 3 is 2.86 bits per heavy atom. The van der Waals surface area contributed by atoms with Crippen LogP contribution in [0.25, 0.3) is 0 Å². The molecule has 1 saturated heterocycles. The van der Waals surface area contributed by atoms with E-state index in [1.54, 1.807) is 24.1 Å². The highest BCUT2D eigenvalue weighted by Crippen LogP contribution is 2.32. The van der Waals surface area contributed by atoms with Crippen LogP contribution in [0.2, 0.25) is 0 Å². The second kappa shape index (κ2) is 6.14. The normalized spacial score (nSPS) is 28.8. The number of nitrogens with zero attached hydrogens (tertiary/aromatic N) is 1. The summed E-state index contributed by atoms with van der Waals surface area (Å²) in [5.74, 6) is 0.475. The van der Waals surface area contributed by atoms with Gasteiger partial charge >= 0.3 is 0 Å². The molecule has 1 aromatic carbocycles. The first-order valence-corrected chi connectivity index (χ1v) is 7.94. The number of halogens is 1. The van der Waals surface area contributed by atoms with E-state index in [1.807, 2.05) is 0 Å². The van der Waals surface area contributed by atoms with E-state index in [-0.39, 0.29) is 17.8 Å². The summed E-state index contributed by atoms with van der Waals surface area (Å²) in [7, 11) is 1.73. The topological polar surface area (TPSA) is 32.3 Å². The highest BCUT2D eigenvalue weighted by atomic mass is 19.1. The first-order chi connectivity index (χ1) is 10.1. The van der Waals surface area contributed by atoms with Gasteiger partial charge < -0.3 is 10.2 Å². The summed E-state index contributed by atoms with van der Waals surface area (Å²) in [5, 5.41) is 3.54. The minimum Gasteiger partial charge on any atom is -0.314 e. The molecule has 1 amide bonds. The number of piperidine rings is 1. The van der Waals surface area contributed by atoms with Gasteiger partial charge in [0.15, 0.2) is 0 Å². The maximum Gasteiger partial charge on any atom is 0.243 e. The van der Waals surface area contributed by atoms with Crippen LogP contribution in [0.5, 0.6) is 0 Å². The molecule has 0 aromatic heterocycles. The average molecular weight is 290 g/mol. The lowest BCUT2D eigenvalue weighted by Crippen LogP contribution is -2.55. The molecule has 21 heavy (non-hydrogen) atoms. The predicted molar refractivity (Wildman–Crippen MR) is 81.7 cm³/mol. The van der Waals surface area contributed by atoms with Gasteiger partial charge in [-0.05, 0) is 49.8 Å². The molecule has 0 bridgehead atoms. The summed E-state index contributed by atoms with van der Waals surface area (Å²) in [4.78, 5) is 14.2. The van der Waals surface area contributed by atoms with Crippen molar-refractivity contribution in [1.82, 2.24) is 5.32 Å². The quantitative estimate of drug-likeness (QED) is 0.907. The molecule has 3 rings (SSSR count). The summed E-state index contributed by atoms with van der Waals surface area (Å²) in [6.07, 6.45) is 7.07. The second-order valence-electron chi connectivity index (χ2n) is 6.32. The van der Waals surface area contributed by atoms with Crippen LogP contribution in [0.3, 0.4) is 0 Å². The fourth-order valence-electron chi connectivity index (χ4n) is 3.74. The Balaban J connectivity index is 1.67. The minimum absolute atomic E-state index is 0.0459. The van der Waals surface area contributed by atoms with Gasteiger partial charge in [0.25, 0.3) is 0 Å². The third-order valence-electron chi connectivity index (χ3n) is 4.97. The van der Waals surface area contributed by atoms with E-state index in [2.05, 4.69) is 5.32 Å². The van der Waals surface area contributed by atoms with Crippen molar-refractivity contribution in [3.63, 3.8) is 0 Å². The summed E-state index contributed by atoms with van der Waals surface area (Å²) in [6.45, 7) is 0. The van der Waals surface area contributed by atoms with Gasteiger partial charge in [0.1, 0.15) is 5.82 Å². The molecule has 1 aliphatic carbocycles. The molecule has 3 nitrogen and oxygen atoms in total. The van der Waals surface area contributed by atoms with Crippen LogP contribution in [-0.2, 0) is 4.79 Å². The Morgan fingerprint density at radius 1 is 1.24 bits per heavy atom. The average Bonchev–Trinajstić information content (AvgIpc) is 2.53. The largest absolute Gasteiger partial charge is 0.314 e. The van der Waals surface area contributed by atoms with E-state index < -0.39 is 0 Å². The van der Waals surface area contributed by atoms with E-state index in [0.29, 0.717) is 11.7 Å². The maximum absolute atomic E-state index is 13.3. The van der Waals surface area contributed by atoms with Gasteiger partial charge in [-0.15, -0.1) is 0 Å². The molecule has 4 heteroatoms. The molecule has 1 N–H and O–H groups in total. The highest BCUT2D eigenvalue weighted by Gasteiger charge is 2.35. The molecule has 3 unspecified atom stereocenters. The number of benzene rings is 1. The van der Waals surface area contributed by atoms with Gasteiger partial charge in [0, 0.05) is 18.8 Å². The minimum atomic E-state index is -0.309. The Morgan fingerprint density at radius 2 is 2.05 bits per heavy atom. The first-order valence-electron chi connectivity index (χ1n) is 7.94. The molecule has 1 saturated carbocycles. The van der Waals surface area contributed by atoms with Crippen LogP contribution in [0.1, 0.15) is 38.5 Å². The molecule has 1 heterocycles. The van der Waals surface area contributed by atoms with Crippen molar-refractivity contribution < 1.29 is 9.18 Å². The highest BCUT2D eigenvalue weighted by molar-refractivity contribution is 5.96. The van der Waals surface area contributed by atoms with Gasteiger partial charge in [-0.3, -0.25) is 4.79 Å². The predicted octanol–water partition coefficient (Wildman–Crippen LogP) is 3.10. The van der Waals surface area contributed by atoms with Gasteiger partial charge in [-0.25, -0.2) is 4.39 Å². The van der Waals surface area contributed by atoms with Crippen molar-refractivity contribution in [2.75, 3.05) is 11.9 Å². The molecule has 2 fully saturated rings. The van der Waals surface area contributed by atoms with Gasteiger partial charge in [-0.2, -0.15) is 0 Å². The van der Waals surface area contributed by atoms with Crippen LogP contribution in [0.15, 0.2) is 24.3 Å². The van der Waals surface area contributed by atoms with E-state index in [4.69, 9.17) is 0 Å². The fourth-order valence-corrected chi connectivity index (χ4v) is 3.74. The first kappa shape index (κ1) is 14.5. The third kappa shape index (κ3) is 3.10. The number of fused-ring (bicyclic) bond motifs is 1. The zero-order chi connectivity index (χ0) is 14.8. The Bertz CT molecular complexity index is 519. The fraction of sp³-hybridized carbons (Fsp3) is 0.588. The molecule has 3 atom stereocenters. The summed E-state index contributed by atoms with van der Waals surface area (Å²) in [6, 6.07) is 6.57.